The standard InChI is InChI=1S/C16H18N6O3/c1-9-13-14(12(16(24)25)6-17-15(13)20(2)18-9)21-3-4-22-11(7-21)5-10(8-23)19-22/h5-6,23H,3-4,7-8H2,1-2H3,(H,24,25). The maximum atomic E-state index is 11.8. The predicted molar refractivity (Wildman–Crippen MR) is 89.4 cm³/mol. The van der Waals surface area contributed by atoms with Crippen LogP contribution in [0.5, 0.6) is 0 Å². The average Bonchev–Trinajstić information content (AvgIpc) is 3.14. The molecule has 0 spiro atoms. The lowest BCUT2D eigenvalue weighted by Gasteiger charge is -2.31. The fourth-order valence-electron chi connectivity index (χ4n) is 3.47. The van der Waals surface area contributed by atoms with Crippen LogP contribution in [0, 0.1) is 6.92 Å². The number of aromatic nitrogens is 5. The van der Waals surface area contributed by atoms with Crippen LogP contribution < -0.4 is 4.90 Å². The van der Waals surface area contributed by atoms with E-state index in [1.54, 1.807) is 11.7 Å². The third kappa shape index (κ3) is 2.35. The molecule has 1 aliphatic heterocycles. The molecular formula is C16H18N6O3. The number of nitrogens with zero attached hydrogens (tertiary/aromatic N) is 6. The summed E-state index contributed by atoms with van der Waals surface area (Å²) >= 11 is 0. The summed E-state index contributed by atoms with van der Waals surface area (Å²) in [5.74, 6) is -1.01. The van der Waals surface area contributed by atoms with E-state index in [4.69, 9.17) is 0 Å². The molecule has 9 nitrogen and oxygen atoms in total. The predicted octanol–water partition coefficient (Wildman–Crippen LogP) is 0.684. The van der Waals surface area contributed by atoms with Crippen molar-refractivity contribution in [1.82, 2.24) is 24.5 Å². The van der Waals surface area contributed by atoms with Gasteiger partial charge in [-0.2, -0.15) is 10.2 Å². The second-order valence-electron chi connectivity index (χ2n) is 6.16. The van der Waals surface area contributed by atoms with Gasteiger partial charge >= 0.3 is 5.97 Å². The first-order valence-corrected chi connectivity index (χ1v) is 7.96. The van der Waals surface area contributed by atoms with E-state index in [0.29, 0.717) is 36.7 Å². The molecule has 3 aromatic heterocycles. The Hall–Kier alpha value is -2.94. The summed E-state index contributed by atoms with van der Waals surface area (Å²) < 4.78 is 3.52. The molecule has 0 unspecified atom stereocenters. The van der Waals surface area contributed by atoms with Gasteiger partial charge in [-0.15, -0.1) is 0 Å². The van der Waals surface area contributed by atoms with Crippen molar-refractivity contribution in [2.75, 3.05) is 11.4 Å². The molecule has 0 amide bonds. The highest BCUT2D eigenvalue weighted by atomic mass is 16.4. The minimum atomic E-state index is -1.01. The Morgan fingerprint density at radius 1 is 1.32 bits per heavy atom. The van der Waals surface area contributed by atoms with Gasteiger partial charge in [-0.05, 0) is 13.0 Å². The summed E-state index contributed by atoms with van der Waals surface area (Å²) in [5, 5.41) is 28.4. The maximum Gasteiger partial charge on any atom is 0.339 e. The van der Waals surface area contributed by atoms with Crippen molar-refractivity contribution in [1.29, 1.82) is 0 Å². The number of hydrogen-bond acceptors (Lipinski definition) is 6. The van der Waals surface area contributed by atoms with Gasteiger partial charge in [0, 0.05) is 19.8 Å². The molecule has 130 valence electrons. The first-order valence-electron chi connectivity index (χ1n) is 7.96. The Kier molecular flexibility index (Phi) is 3.46. The van der Waals surface area contributed by atoms with Crippen molar-refractivity contribution >= 4 is 22.7 Å². The van der Waals surface area contributed by atoms with Gasteiger partial charge in [0.15, 0.2) is 5.65 Å². The molecule has 4 rings (SSSR count). The van der Waals surface area contributed by atoms with Crippen LogP contribution in [0.4, 0.5) is 5.69 Å². The number of anilines is 1. The van der Waals surface area contributed by atoms with Gasteiger partial charge in [0.1, 0.15) is 5.56 Å². The number of pyridine rings is 1. The van der Waals surface area contributed by atoms with Crippen LogP contribution in [0.15, 0.2) is 12.3 Å². The molecule has 0 aliphatic carbocycles. The SMILES string of the molecule is Cc1nn(C)c2ncc(C(=O)O)c(N3CCn4nc(CO)cc4C3)c12. The van der Waals surface area contributed by atoms with Gasteiger partial charge in [0.05, 0.1) is 47.9 Å². The molecular weight excluding hydrogens is 324 g/mol. The van der Waals surface area contributed by atoms with E-state index in [9.17, 15) is 15.0 Å². The number of carbonyl (C=O) groups is 1. The summed E-state index contributed by atoms with van der Waals surface area (Å²) in [6, 6.07) is 1.85. The van der Waals surface area contributed by atoms with E-state index in [0.717, 1.165) is 16.8 Å². The van der Waals surface area contributed by atoms with Crippen molar-refractivity contribution < 1.29 is 15.0 Å². The first-order chi connectivity index (χ1) is 12.0. The maximum absolute atomic E-state index is 11.8. The molecule has 0 radical (unpaired) electrons. The van der Waals surface area contributed by atoms with Crippen LogP contribution in [0.3, 0.4) is 0 Å². The number of aliphatic hydroxyl groups is 1. The van der Waals surface area contributed by atoms with Crippen molar-refractivity contribution in [3.8, 4) is 0 Å². The van der Waals surface area contributed by atoms with Crippen LogP contribution in [-0.4, -0.2) is 47.3 Å². The molecule has 0 saturated heterocycles. The number of carboxylic acid groups (broad SMARTS) is 1. The lowest BCUT2D eigenvalue weighted by molar-refractivity contribution is 0.0697. The number of carboxylic acids is 1. The number of aryl methyl sites for hydroxylation is 2. The number of aliphatic hydroxyl groups excluding tert-OH is 1. The largest absolute Gasteiger partial charge is 0.478 e. The van der Waals surface area contributed by atoms with E-state index in [1.807, 2.05) is 22.6 Å². The average molecular weight is 342 g/mol. The molecule has 0 atom stereocenters. The Bertz CT molecular complexity index is 990. The van der Waals surface area contributed by atoms with Gasteiger partial charge in [-0.3, -0.25) is 9.36 Å². The van der Waals surface area contributed by atoms with Crippen molar-refractivity contribution in [3.63, 3.8) is 0 Å². The highest BCUT2D eigenvalue weighted by Gasteiger charge is 2.27. The van der Waals surface area contributed by atoms with E-state index in [2.05, 4.69) is 15.2 Å². The van der Waals surface area contributed by atoms with Gasteiger partial charge in [0.25, 0.3) is 0 Å². The van der Waals surface area contributed by atoms with Crippen molar-refractivity contribution in [2.45, 2.75) is 26.6 Å². The van der Waals surface area contributed by atoms with Crippen LogP contribution in [0.25, 0.3) is 11.0 Å². The highest BCUT2D eigenvalue weighted by Crippen LogP contribution is 2.34. The summed E-state index contributed by atoms with van der Waals surface area (Å²) in [5.41, 5.74) is 3.77. The quantitative estimate of drug-likeness (QED) is 0.720. The van der Waals surface area contributed by atoms with Crippen LogP contribution in [0.2, 0.25) is 0 Å². The van der Waals surface area contributed by atoms with E-state index in [-0.39, 0.29) is 12.2 Å². The molecule has 0 bridgehead atoms. The van der Waals surface area contributed by atoms with E-state index < -0.39 is 5.97 Å². The lowest BCUT2D eigenvalue weighted by atomic mass is 10.1. The number of rotatable bonds is 3. The summed E-state index contributed by atoms with van der Waals surface area (Å²) in [6.45, 7) is 3.50. The summed E-state index contributed by atoms with van der Waals surface area (Å²) in [4.78, 5) is 18.1. The number of fused-ring (bicyclic) bond motifs is 2. The zero-order valence-corrected chi connectivity index (χ0v) is 14.0. The smallest absolute Gasteiger partial charge is 0.339 e. The summed E-state index contributed by atoms with van der Waals surface area (Å²) in [6.07, 6.45) is 1.40. The lowest BCUT2D eigenvalue weighted by Crippen LogP contribution is -2.35. The Labute approximate surface area is 143 Å². The molecule has 0 saturated carbocycles. The van der Waals surface area contributed by atoms with Crippen LogP contribution >= 0.6 is 0 Å². The molecule has 0 aromatic carbocycles. The zero-order valence-electron chi connectivity index (χ0n) is 14.0. The fraction of sp³-hybridized carbons (Fsp3) is 0.375. The normalized spacial score (nSPS) is 14.1. The van der Waals surface area contributed by atoms with Gasteiger partial charge in [-0.1, -0.05) is 0 Å². The van der Waals surface area contributed by atoms with Crippen molar-refractivity contribution in [3.05, 3.63) is 34.9 Å². The first kappa shape index (κ1) is 15.6. The molecule has 2 N–H and O–H groups in total. The molecule has 0 fully saturated rings. The molecule has 1 aliphatic rings. The Morgan fingerprint density at radius 3 is 2.84 bits per heavy atom. The second-order valence-corrected chi connectivity index (χ2v) is 6.16. The highest BCUT2D eigenvalue weighted by molar-refractivity contribution is 6.04. The monoisotopic (exact) mass is 342 g/mol. The minimum Gasteiger partial charge on any atom is -0.478 e. The van der Waals surface area contributed by atoms with Crippen LogP contribution in [-0.2, 0) is 26.7 Å². The van der Waals surface area contributed by atoms with Gasteiger partial charge in [-0.25, -0.2) is 9.78 Å². The Balaban J connectivity index is 1.88. The van der Waals surface area contributed by atoms with Gasteiger partial charge in [0.2, 0.25) is 0 Å². The van der Waals surface area contributed by atoms with Gasteiger partial charge < -0.3 is 15.1 Å². The molecule has 3 aromatic rings. The third-order valence-electron chi connectivity index (χ3n) is 4.56. The molecule has 25 heavy (non-hydrogen) atoms. The number of aromatic carboxylic acids is 1. The Morgan fingerprint density at radius 2 is 2.12 bits per heavy atom. The van der Waals surface area contributed by atoms with Crippen LogP contribution in [0.1, 0.15) is 27.4 Å². The van der Waals surface area contributed by atoms with E-state index >= 15 is 0 Å². The third-order valence-corrected chi connectivity index (χ3v) is 4.56. The fourth-order valence-corrected chi connectivity index (χ4v) is 3.47. The zero-order chi connectivity index (χ0) is 17.7. The number of hydrogen-bond donors (Lipinski definition) is 2. The minimum absolute atomic E-state index is 0.110. The molecule has 9 heteroatoms. The second kappa shape index (κ2) is 5.55. The van der Waals surface area contributed by atoms with E-state index in [1.165, 1.54) is 6.20 Å². The topological polar surface area (TPSA) is 109 Å². The molecule has 4 heterocycles. The van der Waals surface area contributed by atoms with Crippen molar-refractivity contribution in [2.24, 2.45) is 7.05 Å². The summed E-state index contributed by atoms with van der Waals surface area (Å²) in [7, 11) is 1.80.